The van der Waals surface area contributed by atoms with Crippen LogP contribution in [0.15, 0.2) is 12.1 Å². The smallest absolute Gasteiger partial charge is 0.408 e. The van der Waals surface area contributed by atoms with Gasteiger partial charge >= 0.3 is 6.09 Å². The highest BCUT2D eigenvalue weighted by atomic mass is 16.5. The van der Waals surface area contributed by atoms with Gasteiger partial charge < -0.3 is 15.4 Å². The number of aromatic nitrogens is 1. The largest absolute Gasteiger partial charge is 0.445 e. The number of alkyl carbamates (subject to hydrolysis) is 1. The maximum Gasteiger partial charge on any atom is 0.408 e. The second kappa shape index (κ2) is 8.66. The number of carbonyl (C=O) groups excluding carboxylic acids is 2. The number of pyridine rings is 1. The summed E-state index contributed by atoms with van der Waals surface area (Å²) in [4.78, 5) is 28.4. The first kappa shape index (κ1) is 19.9. The molecule has 134 valence electrons. The van der Waals surface area contributed by atoms with E-state index in [1.807, 2.05) is 26.0 Å². The summed E-state index contributed by atoms with van der Waals surface area (Å²) in [5, 5.41) is 5.44. The fourth-order valence-electron chi connectivity index (χ4n) is 2.20. The number of hydrogen-bond donors (Lipinski definition) is 2. The van der Waals surface area contributed by atoms with Crippen LogP contribution >= 0.6 is 0 Å². The number of nitrogens with one attached hydrogen (secondary N) is 2. The van der Waals surface area contributed by atoms with E-state index in [1.165, 1.54) is 0 Å². The Bertz CT molecular complexity index is 563. The summed E-state index contributed by atoms with van der Waals surface area (Å²) in [5.74, 6) is 0.286. The third kappa shape index (κ3) is 6.98. The molecule has 1 aromatic heterocycles. The van der Waals surface area contributed by atoms with Crippen molar-refractivity contribution in [3.05, 3.63) is 29.1 Å². The molecule has 0 spiro atoms. The van der Waals surface area contributed by atoms with Crippen LogP contribution in [0.1, 0.15) is 51.1 Å². The highest BCUT2D eigenvalue weighted by Crippen LogP contribution is 2.08. The number of ether oxygens (including phenoxy) is 1. The van der Waals surface area contributed by atoms with E-state index in [4.69, 9.17) is 4.74 Å². The van der Waals surface area contributed by atoms with Crippen molar-refractivity contribution in [3.8, 4) is 0 Å². The molecule has 0 aliphatic heterocycles. The molecule has 2 amide bonds. The van der Waals surface area contributed by atoms with Gasteiger partial charge in [0.2, 0.25) is 5.91 Å². The zero-order chi connectivity index (χ0) is 18.3. The fourth-order valence-corrected chi connectivity index (χ4v) is 2.20. The van der Waals surface area contributed by atoms with Crippen LogP contribution in [-0.4, -0.2) is 29.1 Å². The van der Waals surface area contributed by atoms with Crippen LogP contribution in [0.3, 0.4) is 0 Å². The molecule has 2 N–H and O–H groups in total. The summed E-state index contributed by atoms with van der Waals surface area (Å²) in [5.41, 5.74) is 1.59. The molecule has 24 heavy (non-hydrogen) atoms. The van der Waals surface area contributed by atoms with Gasteiger partial charge in [0.25, 0.3) is 0 Å². The van der Waals surface area contributed by atoms with Gasteiger partial charge in [0, 0.05) is 17.9 Å². The van der Waals surface area contributed by atoms with Gasteiger partial charge in [-0.05, 0) is 57.7 Å². The first-order valence-electron chi connectivity index (χ1n) is 8.27. The molecule has 6 heteroatoms. The van der Waals surface area contributed by atoms with Crippen LogP contribution < -0.4 is 10.6 Å². The molecule has 0 aromatic carbocycles. The van der Waals surface area contributed by atoms with E-state index < -0.39 is 11.6 Å². The summed E-state index contributed by atoms with van der Waals surface area (Å²) in [6.07, 6.45) is 0.277. The molecular formula is C18H29N3O3. The SMILES string of the molecule is Cc1cc(COC(=O)NC(C)(C)C(=O)NCCC(C)C)cc(C)n1. The van der Waals surface area contributed by atoms with E-state index in [-0.39, 0.29) is 12.5 Å². The highest BCUT2D eigenvalue weighted by molar-refractivity contribution is 5.89. The number of amides is 2. The molecule has 1 heterocycles. The molecule has 6 nitrogen and oxygen atoms in total. The lowest BCUT2D eigenvalue weighted by Crippen LogP contribution is -2.55. The number of hydrogen-bond acceptors (Lipinski definition) is 4. The summed E-state index contributed by atoms with van der Waals surface area (Å²) < 4.78 is 5.21. The van der Waals surface area contributed by atoms with Crippen molar-refractivity contribution in [2.24, 2.45) is 5.92 Å². The molecule has 0 aliphatic carbocycles. The number of carbonyl (C=O) groups is 2. The van der Waals surface area contributed by atoms with E-state index in [1.54, 1.807) is 13.8 Å². The average molecular weight is 335 g/mol. The van der Waals surface area contributed by atoms with Crippen molar-refractivity contribution in [2.75, 3.05) is 6.54 Å². The Kier molecular flexibility index (Phi) is 7.19. The molecule has 0 bridgehead atoms. The Labute approximate surface area is 144 Å². The number of rotatable bonds is 7. The summed E-state index contributed by atoms with van der Waals surface area (Å²) in [6.45, 7) is 12.0. The van der Waals surface area contributed by atoms with Gasteiger partial charge in [-0.2, -0.15) is 0 Å². The van der Waals surface area contributed by atoms with Crippen LogP contribution in [-0.2, 0) is 16.1 Å². The third-order valence-electron chi connectivity index (χ3n) is 3.50. The minimum absolute atomic E-state index is 0.140. The van der Waals surface area contributed by atoms with E-state index in [9.17, 15) is 9.59 Å². The molecule has 0 fully saturated rings. The van der Waals surface area contributed by atoms with Crippen molar-refractivity contribution < 1.29 is 14.3 Å². The average Bonchev–Trinajstić information content (AvgIpc) is 2.43. The Morgan fingerprint density at radius 2 is 1.79 bits per heavy atom. The van der Waals surface area contributed by atoms with Crippen molar-refractivity contribution in [1.29, 1.82) is 0 Å². The predicted molar refractivity (Wildman–Crippen MR) is 93.6 cm³/mol. The lowest BCUT2D eigenvalue weighted by molar-refractivity contribution is -0.126. The molecule has 0 atom stereocenters. The van der Waals surface area contributed by atoms with Crippen molar-refractivity contribution in [1.82, 2.24) is 15.6 Å². The topological polar surface area (TPSA) is 80.3 Å². The minimum atomic E-state index is -1.03. The van der Waals surface area contributed by atoms with Crippen LogP contribution in [0.4, 0.5) is 4.79 Å². The first-order valence-corrected chi connectivity index (χ1v) is 8.27. The van der Waals surface area contributed by atoms with E-state index >= 15 is 0 Å². The fraction of sp³-hybridized carbons (Fsp3) is 0.611. The van der Waals surface area contributed by atoms with Gasteiger partial charge in [-0.25, -0.2) is 4.79 Å². The van der Waals surface area contributed by atoms with Gasteiger partial charge in [0.15, 0.2) is 0 Å². The molecule has 1 rings (SSSR count). The molecular weight excluding hydrogens is 306 g/mol. The van der Waals surface area contributed by atoms with Crippen LogP contribution in [0.5, 0.6) is 0 Å². The molecule has 0 saturated carbocycles. The Morgan fingerprint density at radius 1 is 1.21 bits per heavy atom. The van der Waals surface area contributed by atoms with E-state index in [0.29, 0.717) is 12.5 Å². The standard InChI is InChI=1S/C18H29N3O3/c1-12(2)7-8-19-16(22)18(5,6)21-17(23)24-11-15-9-13(3)20-14(4)10-15/h9-10,12H,7-8,11H2,1-6H3,(H,19,22)(H,21,23). The van der Waals surface area contributed by atoms with Gasteiger partial charge in [-0.15, -0.1) is 0 Å². The van der Waals surface area contributed by atoms with Crippen molar-refractivity contribution in [2.45, 2.75) is 60.1 Å². The van der Waals surface area contributed by atoms with Crippen LogP contribution in [0.2, 0.25) is 0 Å². The number of nitrogens with zero attached hydrogens (tertiary/aromatic N) is 1. The van der Waals surface area contributed by atoms with Gasteiger partial charge in [-0.1, -0.05) is 13.8 Å². The third-order valence-corrected chi connectivity index (χ3v) is 3.50. The second-order valence-corrected chi connectivity index (χ2v) is 7.02. The van der Waals surface area contributed by atoms with E-state index in [0.717, 1.165) is 23.4 Å². The maximum atomic E-state index is 12.2. The van der Waals surface area contributed by atoms with Crippen molar-refractivity contribution in [3.63, 3.8) is 0 Å². The lowest BCUT2D eigenvalue weighted by atomic mass is 10.0. The Morgan fingerprint density at radius 3 is 2.33 bits per heavy atom. The Hall–Kier alpha value is -2.11. The van der Waals surface area contributed by atoms with Crippen LogP contribution in [0, 0.1) is 19.8 Å². The second-order valence-electron chi connectivity index (χ2n) is 7.02. The molecule has 0 saturated heterocycles. The van der Waals surface area contributed by atoms with Gasteiger partial charge in [-0.3, -0.25) is 9.78 Å². The van der Waals surface area contributed by atoms with E-state index in [2.05, 4.69) is 29.5 Å². The van der Waals surface area contributed by atoms with Crippen LogP contribution in [0.25, 0.3) is 0 Å². The summed E-state index contributed by atoms with van der Waals surface area (Å²) in [6, 6.07) is 3.73. The normalized spacial score (nSPS) is 11.3. The molecule has 0 aliphatic rings. The Balaban J connectivity index is 2.48. The zero-order valence-electron chi connectivity index (χ0n) is 15.5. The summed E-state index contributed by atoms with van der Waals surface area (Å²) in [7, 11) is 0. The number of aryl methyl sites for hydroxylation is 2. The van der Waals surface area contributed by atoms with Gasteiger partial charge in [0.1, 0.15) is 12.1 Å². The monoisotopic (exact) mass is 335 g/mol. The minimum Gasteiger partial charge on any atom is -0.445 e. The molecule has 0 radical (unpaired) electrons. The quantitative estimate of drug-likeness (QED) is 0.803. The first-order chi connectivity index (χ1) is 11.1. The highest BCUT2D eigenvalue weighted by Gasteiger charge is 2.29. The predicted octanol–water partition coefficient (Wildman–Crippen LogP) is 2.87. The summed E-state index contributed by atoms with van der Waals surface area (Å²) >= 11 is 0. The lowest BCUT2D eigenvalue weighted by Gasteiger charge is -2.25. The molecule has 0 unspecified atom stereocenters. The zero-order valence-corrected chi connectivity index (χ0v) is 15.5. The maximum absolute atomic E-state index is 12.2. The molecule has 1 aromatic rings. The van der Waals surface area contributed by atoms with Gasteiger partial charge in [0.05, 0.1) is 0 Å². The van der Waals surface area contributed by atoms with Crippen molar-refractivity contribution >= 4 is 12.0 Å².